The van der Waals surface area contributed by atoms with E-state index in [1.165, 1.54) is 12.1 Å². The number of anilines is 2. The van der Waals surface area contributed by atoms with E-state index in [4.69, 9.17) is 11.6 Å². The van der Waals surface area contributed by atoms with Gasteiger partial charge in [0.05, 0.1) is 11.0 Å². The Labute approximate surface area is 124 Å². The number of hydrogen-bond acceptors (Lipinski definition) is 5. The molecule has 0 radical (unpaired) electrons. The average Bonchev–Trinajstić information content (AvgIpc) is 3.24. The highest BCUT2D eigenvalue weighted by molar-refractivity contribution is 6.29. The van der Waals surface area contributed by atoms with Gasteiger partial charge < -0.3 is 5.32 Å². The summed E-state index contributed by atoms with van der Waals surface area (Å²) in [6.45, 7) is 0. The van der Waals surface area contributed by atoms with Crippen LogP contribution >= 0.6 is 11.6 Å². The number of rotatable bonds is 4. The molecule has 1 aliphatic carbocycles. The van der Waals surface area contributed by atoms with Crippen LogP contribution in [-0.2, 0) is 0 Å². The first kappa shape index (κ1) is 13.7. The quantitative estimate of drug-likeness (QED) is 0.528. The van der Waals surface area contributed by atoms with E-state index in [0.29, 0.717) is 17.6 Å². The van der Waals surface area contributed by atoms with Crippen molar-refractivity contribution in [3.05, 3.63) is 51.2 Å². The molecular weight excluding hydrogens is 299 g/mol. The molecule has 1 aromatic carbocycles. The molecule has 0 spiro atoms. The summed E-state index contributed by atoms with van der Waals surface area (Å²) in [4.78, 5) is 18.7. The van der Waals surface area contributed by atoms with Gasteiger partial charge in [0.2, 0.25) is 0 Å². The van der Waals surface area contributed by atoms with Gasteiger partial charge >= 0.3 is 0 Å². The number of nitro benzene ring substituents is 1. The van der Waals surface area contributed by atoms with Gasteiger partial charge in [0.15, 0.2) is 0 Å². The zero-order valence-corrected chi connectivity index (χ0v) is 11.5. The van der Waals surface area contributed by atoms with Crippen molar-refractivity contribution in [3.8, 4) is 0 Å². The molecule has 1 aliphatic rings. The van der Waals surface area contributed by atoms with Crippen molar-refractivity contribution in [2.24, 2.45) is 0 Å². The highest BCUT2D eigenvalue weighted by Crippen LogP contribution is 2.39. The largest absolute Gasteiger partial charge is 0.334 e. The number of benzene rings is 1. The molecule has 6 nitrogen and oxygen atoms in total. The van der Waals surface area contributed by atoms with Crippen molar-refractivity contribution in [1.29, 1.82) is 0 Å². The van der Waals surface area contributed by atoms with Crippen LogP contribution in [0.15, 0.2) is 24.3 Å². The van der Waals surface area contributed by atoms with E-state index in [2.05, 4.69) is 15.3 Å². The summed E-state index contributed by atoms with van der Waals surface area (Å²) in [5.74, 6) is 0.598. The lowest BCUT2D eigenvalue weighted by atomic mass is 10.2. The predicted octanol–water partition coefficient (Wildman–Crippen LogP) is 3.80. The maximum atomic E-state index is 13.1. The smallest absolute Gasteiger partial charge is 0.295 e. The van der Waals surface area contributed by atoms with Crippen LogP contribution in [0.4, 0.5) is 21.6 Å². The van der Waals surface area contributed by atoms with Crippen LogP contribution in [0.5, 0.6) is 0 Å². The minimum Gasteiger partial charge on any atom is -0.334 e. The predicted molar refractivity (Wildman–Crippen MR) is 75.4 cm³/mol. The zero-order valence-electron chi connectivity index (χ0n) is 10.7. The molecule has 0 unspecified atom stereocenters. The first-order valence-electron chi connectivity index (χ1n) is 6.28. The Morgan fingerprint density at radius 2 is 2.10 bits per heavy atom. The second kappa shape index (κ2) is 5.25. The normalized spacial score (nSPS) is 14.0. The van der Waals surface area contributed by atoms with E-state index in [0.717, 1.165) is 25.0 Å². The van der Waals surface area contributed by atoms with Crippen LogP contribution in [0.2, 0.25) is 5.15 Å². The van der Waals surface area contributed by atoms with Gasteiger partial charge in [-0.05, 0) is 25.0 Å². The van der Waals surface area contributed by atoms with Gasteiger partial charge in [-0.2, -0.15) is 0 Å². The van der Waals surface area contributed by atoms with Crippen LogP contribution < -0.4 is 5.32 Å². The topological polar surface area (TPSA) is 81.0 Å². The molecular formula is C13H10ClFN4O2. The Morgan fingerprint density at radius 1 is 1.33 bits per heavy atom. The Morgan fingerprint density at radius 3 is 2.76 bits per heavy atom. The maximum absolute atomic E-state index is 13.1. The highest BCUT2D eigenvalue weighted by atomic mass is 35.5. The fourth-order valence-corrected chi connectivity index (χ4v) is 2.11. The third-order valence-electron chi connectivity index (χ3n) is 3.07. The van der Waals surface area contributed by atoms with E-state index in [9.17, 15) is 14.5 Å². The Bertz CT molecular complexity index is 721. The molecule has 1 heterocycles. The summed E-state index contributed by atoms with van der Waals surface area (Å²) in [5.41, 5.74) is -0.212. The van der Waals surface area contributed by atoms with Crippen molar-refractivity contribution in [2.45, 2.75) is 18.8 Å². The number of nitrogens with one attached hydrogen (secondary N) is 1. The summed E-state index contributed by atoms with van der Waals surface area (Å²) >= 11 is 5.93. The van der Waals surface area contributed by atoms with E-state index in [1.54, 1.807) is 0 Å². The molecule has 21 heavy (non-hydrogen) atoms. The number of nitro groups is 1. The Balaban J connectivity index is 1.95. The second-order valence-corrected chi connectivity index (χ2v) is 5.14. The lowest BCUT2D eigenvalue weighted by molar-refractivity contribution is -0.384. The Kier molecular flexibility index (Phi) is 3.42. The summed E-state index contributed by atoms with van der Waals surface area (Å²) in [6.07, 6.45) is 2.02. The second-order valence-electron chi connectivity index (χ2n) is 4.75. The molecule has 0 aliphatic heterocycles. The van der Waals surface area contributed by atoms with Gasteiger partial charge in [-0.15, -0.1) is 0 Å². The van der Waals surface area contributed by atoms with E-state index < -0.39 is 10.7 Å². The summed E-state index contributed by atoms with van der Waals surface area (Å²) < 4.78 is 13.1. The fraction of sp³-hybridized carbons (Fsp3) is 0.231. The van der Waals surface area contributed by atoms with Gasteiger partial charge in [-0.1, -0.05) is 11.6 Å². The van der Waals surface area contributed by atoms with Crippen molar-refractivity contribution in [3.63, 3.8) is 0 Å². The average molecular weight is 309 g/mol. The molecule has 0 bridgehead atoms. The maximum Gasteiger partial charge on any atom is 0.295 e. The minimum atomic E-state index is -0.674. The monoisotopic (exact) mass is 308 g/mol. The van der Waals surface area contributed by atoms with Crippen LogP contribution in [0.25, 0.3) is 0 Å². The van der Waals surface area contributed by atoms with Crippen molar-refractivity contribution < 1.29 is 9.31 Å². The fourth-order valence-electron chi connectivity index (χ4n) is 1.92. The van der Waals surface area contributed by atoms with Gasteiger partial charge in [-0.25, -0.2) is 14.4 Å². The molecule has 0 saturated heterocycles. The van der Waals surface area contributed by atoms with Crippen LogP contribution in [-0.4, -0.2) is 14.9 Å². The van der Waals surface area contributed by atoms with E-state index >= 15 is 0 Å². The lowest BCUT2D eigenvalue weighted by Crippen LogP contribution is -2.02. The highest BCUT2D eigenvalue weighted by Gasteiger charge is 2.27. The van der Waals surface area contributed by atoms with Gasteiger partial charge in [0.25, 0.3) is 5.69 Å². The van der Waals surface area contributed by atoms with Crippen molar-refractivity contribution in [1.82, 2.24) is 9.97 Å². The number of halogens is 2. The number of aromatic nitrogens is 2. The zero-order chi connectivity index (χ0) is 15.0. The molecule has 1 fully saturated rings. The standard InChI is InChI=1S/C13H10ClFN4O2/c14-11-6-12(18-13(17-11)7-1-2-7)16-9-4-3-8(15)5-10(9)19(20)21/h3-7H,1-2H2,(H,16,17,18). The van der Waals surface area contributed by atoms with Gasteiger partial charge in [0, 0.05) is 12.0 Å². The van der Waals surface area contributed by atoms with Crippen LogP contribution in [0, 0.1) is 15.9 Å². The molecule has 2 aromatic rings. The van der Waals surface area contributed by atoms with Crippen molar-refractivity contribution in [2.75, 3.05) is 5.32 Å². The molecule has 1 aromatic heterocycles. The third-order valence-corrected chi connectivity index (χ3v) is 3.27. The molecule has 0 amide bonds. The summed E-state index contributed by atoms with van der Waals surface area (Å²) in [6, 6.07) is 4.76. The van der Waals surface area contributed by atoms with Crippen LogP contribution in [0.3, 0.4) is 0 Å². The SMILES string of the molecule is O=[N+]([O-])c1cc(F)ccc1Nc1cc(Cl)nc(C2CC2)n1. The summed E-state index contributed by atoms with van der Waals surface area (Å²) in [7, 11) is 0. The first-order valence-corrected chi connectivity index (χ1v) is 6.66. The van der Waals surface area contributed by atoms with Gasteiger partial charge in [-0.3, -0.25) is 10.1 Å². The molecule has 8 heteroatoms. The van der Waals surface area contributed by atoms with E-state index in [-0.39, 0.29) is 16.5 Å². The molecule has 0 atom stereocenters. The van der Waals surface area contributed by atoms with Crippen molar-refractivity contribution >= 4 is 28.8 Å². The molecule has 1 saturated carbocycles. The summed E-state index contributed by atoms with van der Waals surface area (Å²) in [5, 5.41) is 14.0. The lowest BCUT2D eigenvalue weighted by Gasteiger charge is -2.08. The Hall–Kier alpha value is -2.28. The molecule has 108 valence electrons. The third kappa shape index (κ3) is 3.08. The van der Waals surface area contributed by atoms with Gasteiger partial charge in [0.1, 0.15) is 28.3 Å². The molecule has 3 rings (SSSR count). The molecule has 1 N–H and O–H groups in total. The van der Waals surface area contributed by atoms with E-state index in [1.807, 2.05) is 0 Å². The minimum absolute atomic E-state index is 0.151. The number of hydrogen-bond donors (Lipinski definition) is 1. The number of nitrogens with zero attached hydrogens (tertiary/aromatic N) is 3. The van der Waals surface area contributed by atoms with Crippen LogP contribution in [0.1, 0.15) is 24.6 Å². The first-order chi connectivity index (χ1) is 10.0.